The van der Waals surface area contributed by atoms with Crippen LogP contribution in [0.25, 0.3) is 0 Å². The first-order valence-corrected chi connectivity index (χ1v) is 27.2. The topological polar surface area (TPSA) is 27.7 Å². The Morgan fingerprint density at radius 1 is 0.667 bits per heavy atom. The zero-order chi connectivity index (χ0) is 19.7. The molecular weight excluding hydrogens is 397 g/mol. The molecule has 0 saturated carbocycles. The van der Waals surface area contributed by atoms with Crippen LogP contribution in [0.2, 0.25) is 84.2 Å². The normalized spacial score (nSPS) is 14.5. The van der Waals surface area contributed by atoms with E-state index in [0.717, 1.165) is 12.5 Å². The molecule has 0 aromatic rings. The molecule has 0 amide bonds. The Morgan fingerprint density at radius 3 is 1.42 bits per heavy atom. The van der Waals surface area contributed by atoms with Crippen LogP contribution in [0.1, 0.15) is 0 Å². The first kappa shape index (κ1) is 27.4. The van der Waals surface area contributed by atoms with E-state index >= 15 is 0 Å². The average Bonchev–Trinajstić information content (AvgIpc) is 2.34. The molecular formula is C15H46O3Si6. The fourth-order valence-corrected chi connectivity index (χ4v) is 16.8. The van der Waals surface area contributed by atoms with Crippen molar-refractivity contribution in [1.29, 1.82) is 0 Å². The Labute approximate surface area is 161 Å². The number of hydrogen-bond donors (Lipinski definition) is 0. The van der Waals surface area contributed by atoms with Crippen LogP contribution >= 0.6 is 0 Å². The molecule has 0 aliphatic rings. The van der Waals surface area contributed by atoms with E-state index in [-0.39, 0.29) is 19.3 Å². The quantitative estimate of drug-likeness (QED) is 0.479. The van der Waals surface area contributed by atoms with Gasteiger partial charge in [-0.1, -0.05) is 52.4 Å². The van der Waals surface area contributed by atoms with Gasteiger partial charge in [0.25, 0.3) is 0 Å². The van der Waals surface area contributed by atoms with Crippen LogP contribution < -0.4 is 0 Å². The standard InChI is InChI=1S/C8H24OSi3.C7H22O2Si3/c1-10-8-12(5,6)9-7-11(2,3)4;1-10-9-12(5,6)8-7-11(2,3)4/h7-8,10H2,1-6H3;7,10H2,1-6H3. The van der Waals surface area contributed by atoms with E-state index in [1.54, 1.807) is 0 Å². The third kappa shape index (κ3) is 21.2. The molecule has 0 aliphatic heterocycles. The molecule has 0 radical (unpaired) electrons. The van der Waals surface area contributed by atoms with Crippen LogP contribution in [0.5, 0.6) is 0 Å². The molecule has 148 valence electrons. The lowest BCUT2D eigenvalue weighted by Crippen LogP contribution is -2.41. The van der Waals surface area contributed by atoms with E-state index in [1.165, 1.54) is 5.67 Å². The molecule has 0 saturated heterocycles. The molecule has 24 heavy (non-hydrogen) atoms. The summed E-state index contributed by atoms with van der Waals surface area (Å²) in [5.74, 6) is 0. The van der Waals surface area contributed by atoms with Gasteiger partial charge in [0.1, 0.15) is 9.76 Å². The van der Waals surface area contributed by atoms with Gasteiger partial charge in [0.05, 0.1) is 16.1 Å². The summed E-state index contributed by atoms with van der Waals surface area (Å²) in [6.45, 7) is 27.6. The molecule has 0 aromatic heterocycles. The van der Waals surface area contributed by atoms with Crippen molar-refractivity contribution in [3.63, 3.8) is 0 Å². The minimum atomic E-state index is -1.72. The van der Waals surface area contributed by atoms with Crippen LogP contribution in [-0.2, 0) is 13.0 Å². The van der Waals surface area contributed by atoms with E-state index in [9.17, 15) is 0 Å². The molecule has 0 bridgehead atoms. The summed E-state index contributed by atoms with van der Waals surface area (Å²) in [5.41, 5.74) is 1.44. The van der Waals surface area contributed by atoms with E-state index in [0.29, 0.717) is 0 Å². The van der Waals surface area contributed by atoms with Crippen LogP contribution in [0.15, 0.2) is 0 Å². The van der Waals surface area contributed by atoms with Crippen molar-refractivity contribution in [1.82, 2.24) is 0 Å². The summed E-state index contributed by atoms with van der Waals surface area (Å²) in [6.07, 6.45) is 2.02. The van der Waals surface area contributed by atoms with Gasteiger partial charge in [-0.05, 0) is 31.9 Å². The minimum Gasteiger partial charge on any atom is -0.442 e. The molecule has 3 nitrogen and oxygen atoms in total. The van der Waals surface area contributed by atoms with Crippen LogP contribution in [0.3, 0.4) is 0 Å². The Bertz CT molecular complexity index is 292. The molecule has 0 aliphatic carbocycles. The van der Waals surface area contributed by atoms with Gasteiger partial charge in [-0.2, -0.15) is 0 Å². The van der Waals surface area contributed by atoms with E-state index in [1.807, 2.05) is 0 Å². The molecule has 0 fully saturated rings. The first-order valence-electron chi connectivity index (χ1n) is 9.45. The van der Waals surface area contributed by atoms with Gasteiger partial charge < -0.3 is 13.0 Å². The van der Waals surface area contributed by atoms with Crippen molar-refractivity contribution in [3.05, 3.63) is 0 Å². The van der Waals surface area contributed by atoms with Crippen molar-refractivity contribution < 1.29 is 13.0 Å². The van der Waals surface area contributed by atoms with Crippen LogP contribution in [-0.4, -0.2) is 64.8 Å². The third-order valence-electron chi connectivity index (χ3n) is 3.09. The van der Waals surface area contributed by atoms with Gasteiger partial charge in [-0.3, -0.25) is 0 Å². The molecule has 0 rings (SSSR count). The van der Waals surface area contributed by atoms with Crippen molar-refractivity contribution >= 4 is 52.3 Å². The molecule has 0 spiro atoms. The highest BCUT2D eigenvalue weighted by Crippen LogP contribution is 2.13. The maximum Gasteiger partial charge on any atom is 0.320 e. The van der Waals surface area contributed by atoms with Gasteiger partial charge in [0.15, 0.2) is 8.32 Å². The lowest BCUT2D eigenvalue weighted by atomic mass is 11.7. The maximum absolute atomic E-state index is 6.07. The molecule has 0 N–H and O–H groups in total. The van der Waals surface area contributed by atoms with Gasteiger partial charge in [0.2, 0.25) is 0 Å². The minimum absolute atomic E-state index is 0.198. The predicted molar refractivity (Wildman–Crippen MR) is 128 cm³/mol. The summed E-state index contributed by atoms with van der Waals surface area (Å²) < 4.78 is 17.6. The van der Waals surface area contributed by atoms with Gasteiger partial charge in [-0.15, -0.1) is 0 Å². The highest BCUT2D eigenvalue weighted by Gasteiger charge is 2.26. The zero-order valence-corrected chi connectivity index (χ0v) is 25.6. The summed E-state index contributed by atoms with van der Waals surface area (Å²) in [5, 5.41) is 0. The second-order valence-corrected chi connectivity index (χ2v) is 32.5. The highest BCUT2D eigenvalue weighted by atomic mass is 28.4. The summed E-state index contributed by atoms with van der Waals surface area (Å²) >= 11 is 0. The summed E-state index contributed by atoms with van der Waals surface area (Å²) in [4.78, 5) is 0. The second-order valence-electron chi connectivity index (χ2n) is 10.0. The Hall–Kier alpha value is 1.18. The van der Waals surface area contributed by atoms with Gasteiger partial charge in [0, 0.05) is 22.0 Å². The van der Waals surface area contributed by atoms with Crippen LogP contribution in [0.4, 0.5) is 0 Å². The Balaban J connectivity index is 0. The monoisotopic (exact) mass is 442 g/mol. The van der Waals surface area contributed by atoms with E-state index in [4.69, 9.17) is 13.0 Å². The number of hydrogen-bond acceptors (Lipinski definition) is 3. The fraction of sp³-hybridized carbons (Fsp3) is 1.00. The highest BCUT2D eigenvalue weighted by molar-refractivity contribution is 6.81. The molecule has 0 aromatic carbocycles. The predicted octanol–water partition coefficient (Wildman–Crippen LogP) is 3.99. The third-order valence-corrected chi connectivity index (χ3v) is 18.2. The van der Waals surface area contributed by atoms with Crippen molar-refractivity contribution in [3.8, 4) is 0 Å². The van der Waals surface area contributed by atoms with Gasteiger partial charge >= 0.3 is 8.56 Å². The van der Waals surface area contributed by atoms with E-state index in [2.05, 4.69) is 78.6 Å². The second kappa shape index (κ2) is 11.8. The summed E-state index contributed by atoms with van der Waals surface area (Å²) in [7, 11) is -5.05. The van der Waals surface area contributed by atoms with Crippen molar-refractivity contribution in [2.75, 3.05) is 12.5 Å². The molecule has 0 atom stereocenters. The smallest absolute Gasteiger partial charge is 0.320 e. The molecule has 0 heterocycles. The lowest BCUT2D eigenvalue weighted by Gasteiger charge is -2.26. The zero-order valence-electron chi connectivity index (χ0n) is 18.8. The summed E-state index contributed by atoms with van der Waals surface area (Å²) in [6, 6.07) is 0. The Kier molecular flexibility index (Phi) is 13.5. The molecule has 9 heteroatoms. The van der Waals surface area contributed by atoms with Crippen molar-refractivity contribution in [2.45, 2.75) is 84.2 Å². The van der Waals surface area contributed by atoms with E-state index < -0.39 is 33.0 Å². The maximum atomic E-state index is 6.07. The van der Waals surface area contributed by atoms with Crippen LogP contribution in [0, 0.1) is 0 Å². The molecule has 0 unspecified atom stereocenters. The Morgan fingerprint density at radius 2 is 1.08 bits per heavy atom. The number of rotatable bonds is 10. The van der Waals surface area contributed by atoms with Crippen molar-refractivity contribution in [2.24, 2.45) is 0 Å². The first-order chi connectivity index (χ1) is 10.5. The average molecular weight is 443 g/mol. The largest absolute Gasteiger partial charge is 0.442 e. The van der Waals surface area contributed by atoms with Gasteiger partial charge in [-0.25, -0.2) is 0 Å². The lowest BCUT2D eigenvalue weighted by molar-refractivity contribution is 0.295. The SMILES string of the molecule is C[SiH2]C[Si](C)(C)OC[Si](C)(C)C.C[SiH2]O[Si](C)(C)OC[Si](C)(C)C. The fourth-order valence-electron chi connectivity index (χ4n) is 1.87.